The fourth-order valence-electron chi connectivity index (χ4n) is 3.55. The van der Waals surface area contributed by atoms with Crippen LogP contribution in [0.15, 0.2) is 59.7 Å². The van der Waals surface area contributed by atoms with Crippen molar-refractivity contribution in [2.24, 2.45) is 0 Å². The molecule has 0 atom stereocenters. The SMILES string of the molecule is CCn1c(=O)c(-c2ccc(-c3ccccn3)cc2Cl)cc2cnc(NCCN(C)C)nc21. The molecule has 3 aromatic heterocycles. The van der Waals surface area contributed by atoms with Crippen LogP contribution < -0.4 is 10.9 Å². The van der Waals surface area contributed by atoms with Gasteiger partial charge in [0, 0.05) is 59.1 Å². The molecule has 1 N–H and O–H groups in total. The first-order chi connectivity index (χ1) is 15.5. The molecule has 32 heavy (non-hydrogen) atoms. The highest BCUT2D eigenvalue weighted by molar-refractivity contribution is 6.33. The van der Waals surface area contributed by atoms with Crippen LogP contribution in [0.25, 0.3) is 33.4 Å². The number of benzene rings is 1. The predicted octanol–water partition coefficient (Wildman–Crippen LogP) is 4.17. The second-order valence-electron chi connectivity index (χ2n) is 7.72. The predicted molar refractivity (Wildman–Crippen MR) is 130 cm³/mol. The van der Waals surface area contributed by atoms with Gasteiger partial charge in [0.1, 0.15) is 5.65 Å². The van der Waals surface area contributed by atoms with Crippen LogP contribution in [0.1, 0.15) is 6.92 Å². The highest BCUT2D eigenvalue weighted by Crippen LogP contribution is 2.31. The summed E-state index contributed by atoms with van der Waals surface area (Å²) in [4.78, 5) is 28.8. The Morgan fingerprint density at radius 3 is 2.62 bits per heavy atom. The average molecular weight is 449 g/mol. The smallest absolute Gasteiger partial charge is 0.260 e. The van der Waals surface area contributed by atoms with E-state index in [2.05, 4.69) is 25.2 Å². The summed E-state index contributed by atoms with van der Waals surface area (Å²) < 4.78 is 1.66. The lowest BCUT2D eigenvalue weighted by Crippen LogP contribution is -2.24. The van der Waals surface area contributed by atoms with Crippen LogP contribution in [-0.2, 0) is 6.54 Å². The van der Waals surface area contributed by atoms with Crippen molar-refractivity contribution < 1.29 is 0 Å². The number of fused-ring (bicyclic) bond motifs is 1. The topological polar surface area (TPSA) is 75.9 Å². The molecule has 4 aromatic rings. The van der Waals surface area contributed by atoms with E-state index in [0.717, 1.165) is 23.2 Å². The zero-order valence-electron chi connectivity index (χ0n) is 18.3. The van der Waals surface area contributed by atoms with Gasteiger partial charge < -0.3 is 10.2 Å². The first kappa shape index (κ1) is 21.9. The molecule has 8 heteroatoms. The molecule has 0 bridgehead atoms. The Bertz CT molecular complexity index is 1300. The molecule has 0 saturated carbocycles. The van der Waals surface area contributed by atoms with Gasteiger partial charge in [-0.15, -0.1) is 0 Å². The van der Waals surface area contributed by atoms with Gasteiger partial charge in [-0.1, -0.05) is 29.8 Å². The Morgan fingerprint density at radius 1 is 1.09 bits per heavy atom. The van der Waals surface area contributed by atoms with E-state index in [1.807, 2.05) is 63.5 Å². The molecule has 0 aliphatic rings. The minimum Gasteiger partial charge on any atom is -0.353 e. The fourth-order valence-corrected chi connectivity index (χ4v) is 3.83. The van der Waals surface area contributed by atoms with Crippen molar-refractivity contribution >= 4 is 28.6 Å². The fraction of sp³-hybridized carbons (Fsp3) is 0.250. The van der Waals surface area contributed by atoms with E-state index in [9.17, 15) is 4.79 Å². The number of rotatable bonds is 7. The van der Waals surface area contributed by atoms with Gasteiger partial charge in [-0.25, -0.2) is 4.98 Å². The largest absolute Gasteiger partial charge is 0.353 e. The molecule has 1 aromatic carbocycles. The van der Waals surface area contributed by atoms with E-state index < -0.39 is 0 Å². The van der Waals surface area contributed by atoms with E-state index in [4.69, 9.17) is 11.6 Å². The standard InChI is InChI=1S/C24H25ClN6O/c1-4-31-22-17(15-28-24(29-22)27-11-12-30(2)3)13-19(23(31)32)18-9-8-16(14-20(18)25)21-7-5-6-10-26-21/h5-10,13-15H,4,11-12H2,1-3H3,(H,27,28,29). The van der Waals surface area contributed by atoms with Gasteiger partial charge >= 0.3 is 0 Å². The summed E-state index contributed by atoms with van der Waals surface area (Å²) in [6, 6.07) is 13.2. The van der Waals surface area contributed by atoms with Crippen molar-refractivity contribution in [3.63, 3.8) is 0 Å². The molecule has 4 rings (SSSR count). The molecule has 0 unspecified atom stereocenters. The Labute approximate surface area is 191 Å². The number of hydrogen-bond acceptors (Lipinski definition) is 6. The lowest BCUT2D eigenvalue weighted by molar-refractivity contribution is 0.425. The number of aryl methyl sites for hydroxylation is 1. The van der Waals surface area contributed by atoms with Crippen LogP contribution in [0.5, 0.6) is 0 Å². The Morgan fingerprint density at radius 2 is 1.94 bits per heavy atom. The molecule has 0 radical (unpaired) electrons. The van der Waals surface area contributed by atoms with E-state index in [1.165, 1.54) is 0 Å². The molecular formula is C24H25ClN6O. The zero-order chi connectivity index (χ0) is 22.7. The van der Waals surface area contributed by atoms with E-state index >= 15 is 0 Å². The molecule has 0 amide bonds. The molecule has 7 nitrogen and oxygen atoms in total. The number of anilines is 1. The second kappa shape index (κ2) is 9.46. The summed E-state index contributed by atoms with van der Waals surface area (Å²) in [6.45, 7) is 3.98. The molecule has 3 heterocycles. The van der Waals surface area contributed by atoms with Crippen LogP contribution in [0.3, 0.4) is 0 Å². The van der Waals surface area contributed by atoms with Gasteiger partial charge in [0.15, 0.2) is 0 Å². The number of nitrogens with one attached hydrogen (secondary N) is 1. The maximum absolute atomic E-state index is 13.3. The minimum absolute atomic E-state index is 0.134. The van der Waals surface area contributed by atoms with Crippen molar-refractivity contribution in [1.82, 2.24) is 24.4 Å². The second-order valence-corrected chi connectivity index (χ2v) is 8.13. The molecule has 0 aliphatic heterocycles. The molecule has 0 spiro atoms. The monoisotopic (exact) mass is 448 g/mol. The van der Waals surface area contributed by atoms with Crippen LogP contribution in [0.2, 0.25) is 5.02 Å². The van der Waals surface area contributed by atoms with E-state index in [1.54, 1.807) is 17.0 Å². The lowest BCUT2D eigenvalue weighted by atomic mass is 10.0. The molecule has 0 saturated heterocycles. The third kappa shape index (κ3) is 4.49. The van der Waals surface area contributed by atoms with Crippen molar-refractivity contribution in [2.45, 2.75) is 13.5 Å². The number of halogens is 1. The van der Waals surface area contributed by atoms with E-state index in [0.29, 0.717) is 40.8 Å². The van der Waals surface area contributed by atoms with Crippen molar-refractivity contribution in [2.75, 3.05) is 32.5 Å². The third-order valence-electron chi connectivity index (χ3n) is 5.21. The molecule has 0 fully saturated rings. The maximum atomic E-state index is 13.3. The molecule has 0 aliphatic carbocycles. The highest BCUT2D eigenvalue weighted by atomic mass is 35.5. The van der Waals surface area contributed by atoms with Crippen molar-refractivity contribution in [1.29, 1.82) is 0 Å². The highest BCUT2D eigenvalue weighted by Gasteiger charge is 2.15. The summed E-state index contributed by atoms with van der Waals surface area (Å²) >= 11 is 6.62. The van der Waals surface area contributed by atoms with Gasteiger partial charge in [-0.3, -0.25) is 14.3 Å². The Hall–Kier alpha value is -3.29. The van der Waals surface area contributed by atoms with Crippen LogP contribution >= 0.6 is 11.6 Å². The van der Waals surface area contributed by atoms with Gasteiger partial charge in [0.05, 0.1) is 5.69 Å². The Balaban J connectivity index is 1.75. The van der Waals surface area contributed by atoms with Crippen LogP contribution in [-0.4, -0.2) is 51.6 Å². The maximum Gasteiger partial charge on any atom is 0.260 e. The summed E-state index contributed by atoms with van der Waals surface area (Å²) in [6.07, 6.45) is 3.48. The Kier molecular flexibility index (Phi) is 6.48. The molecule has 164 valence electrons. The normalized spacial score (nSPS) is 11.3. The van der Waals surface area contributed by atoms with Crippen LogP contribution in [0.4, 0.5) is 5.95 Å². The van der Waals surface area contributed by atoms with E-state index in [-0.39, 0.29) is 5.56 Å². The summed E-state index contributed by atoms with van der Waals surface area (Å²) in [5.41, 5.74) is 3.39. The minimum atomic E-state index is -0.134. The first-order valence-electron chi connectivity index (χ1n) is 10.5. The number of likely N-dealkylation sites (N-methyl/N-ethyl adjacent to an activating group) is 1. The quantitative estimate of drug-likeness (QED) is 0.457. The lowest BCUT2D eigenvalue weighted by Gasteiger charge is -2.14. The van der Waals surface area contributed by atoms with Gasteiger partial charge in [-0.05, 0) is 45.3 Å². The summed E-state index contributed by atoms with van der Waals surface area (Å²) in [7, 11) is 4.01. The first-order valence-corrected chi connectivity index (χ1v) is 10.9. The summed E-state index contributed by atoms with van der Waals surface area (Å²) in [5.74, 6) is 0.506. The molecular weight excluding hydrogens is 424 g/mol. The number of nitrogens with zero attached hydrogens (tertiary/aromatic N) is 5. The van der Waals surface area contributed by atoms with Gasteiger partial charge in [-0.2, -0.15) is 4.98 Å². The average Bonchev–Trinajstić information content (AvgIpc) is 2.79. The number of aromatic nitrogens is 4. The number of pyridine rings is 2. The zero-order valence-corrected chi connectivity index (χ0v) is 19.1. The number of hydrogen-bond donors (Lipinski definition) is 1. The summed E-state index contributed by atoms with van der Waals surface area (Å²) in [5, 5.41) is 4.49. The third-order valence-corrected chi connectivity index (χ3v) is 5.52. The van der Waals surface area contributed by atoms with Crippen molar-refractivity contribution in [3.8, 4) is 22.4 Å². The van der Waals surface area contributed by atoms with Crippen LogP contribution in [0, 0.1) is 0 Å². The van der Waals surface area contributed by atoms with Gasteiger partial charge in [0.25, 0.3) is 5.56 Å². The van der Waals surface area contributed by atoms with Gasteiger partial charge in [0.2, 0.25) is 5.95 Å². The van der Waals surface area contributed by atoms with Crippen molar-refractivity contribution in [3.05, 3.63) is 70.2 Å².